The fraction of sp³-hybridized carbons (Fsp3) is 0.143. The Morgan fingerprint density at radius 1 is 1.00 bits per heavy atom. The molecule has 1 unspecified atom stereocenters. The molecule has 0 spiro atoms. The summed E-state index contributed by atoms with van der Waals surface area (Å²) in [5.74, 6) is 0. The van der Waals surface area contributed by atoms with E-state index in [1.54, 1.807) is 22.7 Å². The monoisotopic (exact) mass is 346 g/mol. The van der Waals surface area contributed by atoms with Crippen LogP contribution in [-0.2, 0) is 6.42 Å². The molecule has 0 bridgehead atoms. The zero-order valence-electron chi connectivity index (χ0n) is 9.70. The van der Waals surface area contributed by atoms with Crippen LogP contribution in [0.15, 0.2) is 35.7 Å². The van der Waals surface area contributed by atoms with Gasteiger partial charge in [-0.3, -0.25) is 0 Å². The van der Waals surface area contributed by atoms with E-state index in [2.05, 4.69) is 17.5 Å². The van der Waals surface area contributed by atoms with Crippen LogP contribution >= 0.6 is 57.5 Å². The topological polar surface area (TPSA) is 0 Å². The number of fused-ring (bicyclic) bond motifs is 1. The molecule has 0 saturated heterocycles. The molecule has 1 atom stereocenters. The maximum Gasteiger partial charge on any atom is 0.0719 e. The number of halogens is 3. The predicted octanol–water partition coefficient (Wildman–Crippen LogP) is 6.79. The van der Waals surface area contributed by atoms with E-state index in [1.165, 1.54) is 14.3 Å². The van der Waals surface area contributed by atoms with Gasteiger partial charge in [0, 0.05) is 14.3 Å². The molecule has 0 radical (unpaired) electrons. The van der Waals surface area contributed by atoms with Gasteiger partial charge in [0.1, 0.15) is 0 Å². The van der Waals surface area contributed by atoms with Gasteiger partial charge in [0.25, 0.3) is 0 Å². The Bertz CT molecular complexity index is 686. The van der Waals surface area contributed by atoms with Crippen molar-refractivity contribution in [3.05, 3.63) is 56.2 Å². The summed E-state index contributed by atoms with van der Waals surface area (Å²) >= 11 is 21.9. The Balaban J connectivity index is 1.82. The second kappa shape index (κ2) is 5.63. The van der Waals surface area contributed by atoms with E-state index in [9.17, 15) is 0 Å². The lowest BCUT2D eigenvalue weighted by molar-refractivity contribution is 0.941. The zero-order valence-corrected chi connectivity index (χ0v) is 13.6. The van der Waals surface area contributed by atoms with E-state index in [0.717, 1.165) is 12.0 Å². The van der Waals surface area contributed by atoms with E-state index < -0.39 is 0 Å². The van der Waals surface area contributed by atoms with Crippen molar-refractivity contribution in [1.29, 1.82) is 0 Å². The summed E-state index contributed by atoms with van der Waals surface area (Å²) in [7, 11) is 0. The molecular formula is C14H9Cl3S2. The predicted molar refractivity (Wildman–Crippen MR) is 88.5 cm³/mol. The van der Waals surface area contributed by atoms with Gasteiger partial charge in [-0.15, -0.1) is 34.3 Å². The summed E-state index contributed by atoms with van der Waals surface area (Å²) in [6.07, 6.45) is 0.756. The lowest BCUT2D eigenvalue weighted by atomic mass is 10.1. The largest absolute Gasteiger partial charge is 0.143 e. The molecule has 0 fully saturated rings. The summed E-state index contributed by atoms with van der Waals surface area (Å²) in [5.41, 5.74) is 1.10. The number of rotatable bonds is 3. The van der Waals surface area contributed by atoms with Crippen LogP contribution in [0.4, 0.5) is 0 Å². The average molecular weight is 348 g/mol. The highest BCUT2D eigenvalue weighted by atomic mass is 35.5. The van der Waals surface area contributed by atoms with Crippen LogP contribution in [-0.4, -0.2) is 0 Å². The van der Waals surface area contributed by atoms with Crippen molar-refractivity contribution >= 4 is 66.9 Å². The van der Waals surface area contributed by atoms with E-state index in [-0.39, 0.29) is 5.38 Å². The van der Waals surface area contributed by atoms with Gasteiger partial charge >= 0.3 is 0 Å². The Hall–Kier alpha value is -0.250. The molecule has 0 aliphatic heterocycles. The molecule has 0 amide bonds. The third-order valence-electron chi connectivity index (χ3n) is 2.87. The van der Waals surface area contributed by atoms with Crippen LogP contribution in [0.5, 0.6) is 0 Å². The second-order valence-corrected chi connectivity index (χ2v) is 7.62. The standard InChI is InChI=1S/C14H9Cl3S2/c15-9-2-1-8(5-10(9)16)6-11(17)13-7-14-12(19-13)3-4-18-14/h1-5,7,11H,6H2. The number of benzene rings is 1. The summed E-state index contributed by atoms with van der Waals surface area (Å²) < 4.78 is 2.61. The highest BCUT2D eigenvalue weighted by molar-refractivity contribution is 7.27. The quantitative estimate of drug-likeness (QED) is 0.457. The number of hydrogen-bond donors (Lipinski definition) is 0. The first-order valence-corrected chi connectivity index (χ1v) is 8.57. The van der Waals surface area contributed by atoms with Crippen LogP contribution in [0.25, 0.3) is 9.40 Å². The molecule has 0 N–H and O–H groups in total. The summed E-state index contributed by atoms with van der Waals surface area (Å²) in [5, 5.41) is 3.23. The minimum Gasteiger partial charge on any atom is -0.143 e. The molecule has 1 aromatic carbocycles. The van der Waals surface area contributed by atoms with Gasteiger partial charge in [-0.05, 0) is 41.6 Å². The van der Waals surface area contributed by atoms with Crippen molar-refractivity contribution in [3.8, 4) is 0 Å². The first kappa shape index (κ1) is 13.7. The lowest BCUT2D eigenvalue weighted by Gasteiger charge is -2.08. The molecule has 2 heterocycles. The van der Waals surface area contributed by atoms with Crippen molar-refractivity contribution in [1.82, 2.24) is 0 Å². The average Bonchev–Trinajstić information content (AvgIpc) is 2.94. The Morgan fingerprint density at radius 3 is 2.58 bits per heavy atom. The SMILES string of the molecule is Clc1ccc(CC(Cl)c2cc3sccc3s2)cc1Cl. The third kappa shape index (κ3) is 2.93. The first-order valence-electron chi connectivity index (χ1n) is 5.68. The second-order valence-electron chi connectivity index (χ2n) is 4.22. The van der Waals surface area contributed by atoms with E-state index in [4.69, 9.17) is 34.8 Å². The Morgan fingerprint density at radius 2 is 1.84 bits per heavy atom. The normalized spacial score (nSPS) is 13.0. The minimum atomic E-state index is -0.0261. The van der Waals surface area contributed by atoms with Crippen molar-refractivity contribution < 1.29 is 0 Å². The van der Waals surface area contributed by atoms with Gasteiger partial charge in [0.05, 0.1) is 15.4 Å². The van der Waals surface area contributed by atoms with Gasteiger partial charge in [0.15, 0.2) is 0 Å². The molecule has 3 rings (SSSR count). The maximum absolute atomic E-state index is 6.50. The molecule has 0 aliphatic rings. The van der Waals surface area contributed by atoms with Crippen molar-refractivity contribution in [3.63, 3.8) is 0 Å². The van der Waals surface area contributed by atoms with Gasteiger partial charge in [-0.1, -0.05) is 29.3 Å². The molecule has 2 aromatic heterocycles. The fourth-order valence-electron chi connectivity index (χ4n) is 1.91. The number of hydrogen-bond acceptors (Lipinski definition) is 2. The Labute approximate surface area is 134 Å². The van der Waals surface area contributed by atoms with Crippen LogP contribution in [0.1, 0.15) is 15.8 Å². The van der Waals surface area contributed by atoms with Crippen LogP contribution in [0.2, 0.25) is 10.0 Å². The zero-order chi connectivity index (χ0) is 13.4. The smallest absolute Gasteiger partial charge is 0.0719 e. The Kier molecular flexibility index (Phi) is 4.06. The van der Waals surface area contributed by atoms with Crippen LogP contribution in [0.3, 0.4) is 0 Å². The molecule has 5 heteroatoms. The first-order chi connectivity index (χ1) is 9.13. The molecule has 3 aromatic rings. The van der Waals surface area contributed by atoms with Crippen molar-refractivity contribution in [2.24, 2.45) is 0 Å². The third-order valence-corrected chi connectivity index (χ3v) is 6.33. The fourth-order valence-corrected chi connectivity index (χ4v) is 4.71. The molecular weight excluding hydrogens is 339 g/mol. The van der Waals surface area contributed by atoms with Crippen molar-refractivity contribution in [2.75, 3.05) is 0 Å². The van der Waals surface area contributed by atoms with Gasteiger partial charge in [0.2, 0.25) is 0 Å². The summed E-state index contributed by atoms with van der Waals surface area (Å²) in [6.45, 7) is 0. The molecule has 98 valence electrons. The van der Waals surface area contributed by atoms with E-state index in [0.29, 0.717) is 10.0 Å². The minimum absolute atomic E-state index is 0.0261. The molecule has 0 aliphatic carbocycles. The van der Waals surface area contributed by atoms with Gasteiger partial charge < -0.3 is 0 Å². The van der Waals surface area contributed by atoms with Gasteiger partial charge in [-0.2, -0.15) is 0 Å². The van der Waals surface area contributed by atoms with Crippen LogP contribution in [0, 0.1) is 0 Å². The molecule has 0 saturated carbocycles. The van der Waals surface area contributed by atoms with Crippen LogP contribution < -0.4 is 0 Å². The molecule has 0 nitrogen and oxygen atoms in total. The van der Waals surface area contributed by atoms with E-state index in [1.807, 2.05) is 18.2 Å². The van der Waals surface area contributed by atoms with Crippen molar-refractivity contribution in [2.45, 2.75) is 11.8 Å². The number of alkyl halides is 1. The van der Waals surface area contributed by atoms with Gasteiger partial charge in [-0.25, -0.2) is 0 Å². The highest BCUT2D eigenvalue weighted by Gasteiger charge is 2.13. The molecule has 19 heavy (non-hydrogen) atoms. The summed E-state index contributed by atoms with van der Waals surface area (Å²) in [4.78, 5) is 1.20. The van der Waals surface area contributed by atoms with E-state index >= 15 is 0 Å². The highest BCUT2D eigenvalue weighted by Crippen LogP contribution is 2.37. The lowest BCUT2D eigenvalue weighted by Crippen LogP contribution is -1.93. The number of thiophene rings is 2. The summed E-state index contributed by atoms with van der Waals surface area (Å²) in [6, 6.07) is 9.99. The maximum atomic E-state index is 6.50.